The maximum atomic E-state index is 12.1. The second kappa shape index (κ2) is 10.1. The van der Waals surface area contributed by atoms with Gasteiger partial charge in [-0.05, 0) is 48.0 Å². The topological polar surface area (TPSA) is 67.9 Å². The molecule has 148 valence electrons. The van der Waals surface area contributed by atoms with Crippen LogP contribution in [0.2, 0.25) is 0 Å². The summed E-state index contributed by atoms with van der Waals surface area (Å²) < 4.78 is 33.5. The number of carbonyl (C=O) groups excluding carboxylic acids is 2. The molecule has 0 unspecified atom stereocenters. The summed E-state index contributed by atoms with van der Waals surface area (Å²) in [6, 6.07) is 12.6. The number of ether oxygens (including phenoxy) is 2. The first-order valence-electron chi connectivity index (χ1n) is 8.29. The van der Waals surface area contributed by atoms with Gasteiger partial charge in [-0.2, -0.15) is 8.78 Å². The van der Waals surface area contributed by atoms with Crippen LogP contribution in [0, 0.1) is 0 Å². The lowest BCUT2D eigenvalue weighted by molar-refractivity contribution is -0.129. The highest BCUT2D eigenvalue weighted by Crippen LogP contribution is 2.16. The van der Waals surface area contributed by atoms with Crippen LogP contribution in [0.25, 0.3) is 6.08 Å². The van der Waals surface area contributed by atoms with Gasteiger partial charge in [-0.15, -0.1) is 0 Å². The van der Waals surface area contributed by atoms with E-state index in [-0.39, 0.29) is 24.1 Å². The van der Waals surface area contributed by atoms with Crippen LogP contribution in [0.3, 0.4) is 0 Å². The second-order valence-corrected chi connectivity index (χ2v) is 5.75. The van der Waals surface area contributed by atoms with Gasteiger partial charge in [0.2, 0.25) is 11.8 Å². The summed E-state index contributed by atoms with van der Waals surface area (Å²) in [6.07, 6.45) is 2.82. The molecule has 0 heterocycles. The average Bonchev–Trinajstić information content (AvgIpc) is 2.67. The maximum Gasteiger partial charge on any atom is 0.387 e. The minimum atomic E-state index is -2.89. The number of anilines is 1. The third-order valence-corrected chi connectivity index (χ3v) is 3.65. The molecular weight excluding hydrogens is 370 g/mol. The Balaban J connectivity index is 1.85. The molecule has 1 N–H and O–H groups in total. The van der Waals surface area contributed by atoms with Crippen LogP contribution in [0.1, 0.15) is 5.56 Å². The number of nitrogens with one attached hydrogen (secondary N) is 1. The molecule has 0 radical (unpaired) electrons. The first-order valence-corrected chi connectivity index (χ1v) is 8.29. The van der Waals surface area contributed by atoms with E-state index in [2.05, 4.69) is 10.1 Å². The van der Waals surface area contributed by atoms with Gasteiger partial charge in [0.05, 0.1) is 13.7 Å². The predicted octanol–water partition coefficient (Wildman–Crippen LogP) is 3.41. The summed E-state index contributed by atoms with van der Waals surface area (Å²) in [4.78, 5) is 25.4. The quantitative estimate of drug-likeness (QED) is 0.702. The largest absolute Gasteiger partial charge is 0.497 e. The molecule has 0 saturated heterocycles. The van der Waals surface area contributed by atoms with E-state index in [4.69, 9.17) is 4.74 Å². The van der Waals surface area contributed by atoms with Crippen molar-refractivity contribution in [3.05, 3.63) is 60.2 Å². The predicted molar refractivity (Wildman–Crippen MR) is 101 cm³/mol. The normalized spacial score (nSPS) is 10.8. The first kappa shape index (κ1) is 20.9. The summed E-state index contributed by atoms with van der Waals surface area (Å²) in [5.74, 6) is -0.0178. The van der Waals surface area contributed by atoms with Crippen molar-refractivity contribution < 1.29 is 27.8 Å². The Labute approximate surface area is 161 Å². The van der Waals surface area contributed by atoms with Crippen molar-refractivity contribution in [3.63, 3.8) is 0 Å². The standard InChI is InChI=1S/C20H20F2N2O4/c1-24(13-18(25)23-15-6-10-16(27-2)11-7-15)19(26)12-5-14-3-8-17(9-4-14)28-20(21)22/h3-12,20H,13H2,1-2H3,(H,23,25)/b12-5+. The molecule has 0 spiro atoms. The maximum absolute atomic E-state index is 12.1. The Hall–Kier alpha value is -3.42. The van der Waals surface area contributed by atoms with Crippen molar-refractivity contribution in [1.82, 2.24) is 4.90 Å². The highest BCUT2D eigenvalue weighted by atomic mass is 19.3. The van der Waals surface area contributed by atoms with Gasteiger partial charge in [0.15, 0.2) is 0 Å². The minimum absolute atomic E-state index is 0.0331. The number of nitrogens with zero attached hydrogens (tertiary/aromatic N) is 1. The number of likely N-dealkylation sites (N-methyl/N-ethyl adjacent to an activating group) is 1. The van der Waals surface area contributed by atoms with Gasteiger partial charge in [0.1, 0.15) is 11.5 Å². The number of halogens is 2. The van der Waals surface area contributed by atoms with E-state index in [0.717, 1.165) is 0 Å². The van der Waals surface area contributed by atoms with Crippen LogP contribution < -0.4 is 14.8 Å². The van der Waals surface area contributed by atoms with Gasteiger partial charge in [-0.1, -0.05) is 12.1 Å². The number of hydrogen-bond acceptors (Lipinski definition) is 4. The first-order chi connectivity index (χ1) is 13.4. The molecule has 0 bridgehead atoms. The lowest BCUT2D eigenvalue weighted by Gasteiger charge is -2.15. The van der Waals surface area contributed by atoms with Gasteiger partial charge in [-0.3, -0.25) is 9.59 Å². The lowest BCUT2D eigenvalue weighted by Crippen LogP contribution is -2.33. The second-order valence-electron chi connectivity index (χ2n) is 5.75. The summed E-state index contributed by atoms with van der Waals surface area (Å²) in [7, 11) is 3.05. The van der Waals surface area contributed by atoms with Gasteiger partial charge < -0.3 is 19.7 Å². The Kier molecular flexibility index (Phi) is 7.50. The molecule has 6 nitrogen and oxygen atoms in total. The van der Waals surface area contributed by atoms with Crippen molar-refractivity contribution in [3.8, 4) is 11.5 Å². The molecular formula is C20H20F2N2O4. The average molecular weight is 390 g/mol. The number of benzene rings is 2. The van der Waals surface area contributed by atoms with E-state index in [1.54, 1.807) is 31.4 Å². The van der Waals surface area contributed by atoms with E-state index in [0.29, 0.717) is 17.0 Å². The Morgan fingerprint density at radius 1 is 1.07 bits per heavy atom. The smallest absolute Gasteiger partial charge is 0.387 e. The zero-order valence-electron chi connectivity index (χ0n) is 15.4. The molecule has 0 aliphatic rings. The van der Waals surface area contributed by atoms with Crippen LogP contribution >= 0.6 is 0 Å². The lowest BCUT2D eigenvalue weighted by atomic mass is 10.2. The molecule has 2 amide bonds. The minimum Gasteiger partial charge on any atom is -0.497 e. The highest BCUT2D eigenvalue weighted by molar-refractivity contribution is 5.97. The molecule has 0 aromatic heterocycles. The third kappa shape index (κ3) is 6.71. The molecule has 28 heavy (non-hydrogen) atoms. The fourth-order valence-corrected chi connectivity index (χ4v) is 2.22. The van der Waals surface area contributed by atoms with Crippen molar-refractivity contribution in [2.24, 2.45) is 0 Å². The van der Waals surface area contributed by atoms with Crippen LogP contribution in [-0.2, 0) is 9.59 Å². The van der Waals surface area contributed by atoms with Crippen LogP contribution in [0.4, 0.5) is 14.5 Å². The highest BCUT2D eigenvalue weighted by Gasteiger charge is 2.11. The summed E-state index contributed by atoms with van der Waals surface area (Å²) in [5.41, 5.74) is 1.22. The van der Waals surface area contributed by atoms with Gasteiger partial charge in [0.25, 0.3) is 0 Å². The fraction of sp³-hybridized carbons (Fsp3) is 0.200. The molecule has 2 rings (SSSR count). The zero-order chi connectivity index (χ0) is 20.5. The van der Waals surface area contributed by atoms with Crippen molar-refractivity contribution in [2.45, 2.75) is 6.61 Å². The molecule has 0 aliphatic carbocycles. The van der Waals surface area contributed by atoms with E-state index < -0.39 is 6.61 Å². The molecule has 2 aromatic rings. The molecule has 0 saturated carbocycles. The number of amides is 2. The van der Waals surface area contributed by atoms with Crippen LogP contribution in [0.5, 0.6) is 11.5 Å². The number of methoxy groups -OCH3 is 1. The molecule has 0 fully saturated rings. The molecule has 8 heteroatoms. The van der Waals surface area contributed by atoms with Crippen molar-refractivity contribution in [2.75, 3.05) is 26.0 Å². The zero-order valence-corrected chi connectivity index (χ0v) is 15.4. The number of carbonyl (C=O) groups is 2. The molecule has 2 aromatic carbocycles. The molecule has 0 atom stereocenters. The fourth-order valence-electron chi connectivity index (χ4n) is 2.22. The number of alkyl halides is 2. The summed E-state index contributed by atoms with van der Waals surface area (Å²) >= 11 is 0. The summed E-state index contributed by atoms with van der Waals surface area (Å²) in [5, 5.41) is 2.69. The van der Waals surface area contributed by atoms with E-state index in [1.165, 1.54) is 48.4 Å². The van der Waals surface area contributed by atoms with Gasteiger partial charge in [-0.25, -0.2) is 0 Å². The Bertz CT molecular complexity index is 821. The Morgan fingerprint density at radius 2 is 1.68 bits per heavy atom. The van der Waals surface area contributed by atoms with Gasteiger partial charge >= 0.3 is 6.61 Å². The molecule has 0 aliphatic heterocycles. The van der Waals surface area contributed by atoms with Crippen molar-refractivity contribution >= 4 is 23.6 Å². The van der Waals surface area contributed by atoms with Gasteiger partial charge in [0, 0.05) is 18.8 Å². The van der Waals surface area contributed by atoms with E-state index in [1.807, 2.05) is 0 Å². The van der Waals surface area contributed by atoms with Crippen LogP contribution in [-0.4, -0.2) is 44.0 Å². The monoisotopic (exact) mass is 390 g/mol. The SMILES string of the molecule is COc1ccc(NC(=O)CN(C)C(=O)/C=C/c2ccc(OC(F)F)cc2)cc1. The van der Waals surface area contributed by atoms with Crippen LogP contribution in [0.15, 0.2) is 54.6 Å². The van der Waals surface area contributed by atoms with E-state index in [9.17, 15) is 18.4 Å². The third-order valence-electron chi connectivity index (χ3n) is 3.65. The number of hydrogen-bond donors (Lipinski definition) is 1. The Morgan fingerprint density at radius 3 is 2.25 bits per heavy atom. The number of rotatable bonds is 8. The van der Waals surface area contributed by atoms with Crippen molar-refractivity contribution in [1.29, 1.82) is 0 Å². The van der Waals surface area contributed by atoms with E-state index >= 15 is 0 Å². The summed E-state index contributed by atoms with van der Waals surface area (Å²) in [6.45, 7) is -3.02.